The molecule has 4 nitrogen and oxygen atoms in total. The lowest BCUT2D eigenvalue weighted by Crippen LogP contribution is -2.13. The molecule has 0 aromatic heterocycles. The zero-order valence-corrected chi connectivity index (χ0v) is 7.65. The van der Waals surface area contributed by atoms with Crippen LogP contribution in [0.15, 0.2) is 10.2 Å². The van der Waals surface area contributed by atoms with Gasteiger partial charge in [0.25, 0.3) is 0 Å². The Morgan fingerprint density at radius 3 is 2.18 bits per heavy atom. The number of nitrogens with zero attached hydrogens (tertiary/aromatic N) is 4. The number of rotatable bonds is 4. The van der Waals surface area contributed by atoms with E-state index in [9.17, 15) is 0 Å². The van der Waals surface area contributed by atoms with Crippen LogP contribution in [0, 0.1) is 0 Å². The van der Waals surface area contributed by atoms with Crippen molar-refractivity contribution in [3.63, 3.8) is 0 Å². The van der Waals surface area contributed by atoms with Crippen molar-refractivity contribution in [2.24, 2.45) is 10.2 Å². The van der Waals surface area contributed by atoms with E-state index in [2.05, 4.69) is 10.2 Å². The first-order valence-electron chi connectivity index (χ1n) is 3.49. The summed E-state index contributed by atoms with van der Waals surface area (Å²) in [5.74, 6) is 0. The summed E-state index contributed by atoms with van der Waals surface area (Å²) in [4.78, 5) is 3.86. The molecule has 0 aliphatic carbocycles. The van der Waals surface area contributed by atoms with E-state index in [-0.39, 0.29) is 0 Å². The first-order chi connectivity index (χ1) is 5.13. The molecule has 0 aromatic carbocycles. The van der Waals surface area contributed by atoms with Gasteiger partial charge in [0.1, 0.15) is 6.34 Å². The van der Waals surface area contributed by atoms with E-state index in [0.29, 0.717) is 0 Å². The third-order valence-electron chi connectivity index (χ3n) is 0.878. The van der Waals surface area contributed by atoms with Crippen molar-refractivity contribution in [3.05, 3.63) is 0 Å². The zero-order chi connectivity index (χ0) is 8.69. The van der Waals surface area contributed by atoms with Crippen molar-refractivity contribution >= 4 is 12.6 Å². The lowest BCUT2D eigenvalue weighted by atomic mass is 10.6. The molecule has 0 atom stereocenters. The summed E-state index contributed by atoms with van der Waals surface area (Å²) in [6, 6.07) is 0. The summed E-state index contributed by atoms with van der Waals surface area (Å²) in [7, 11) is 7.79. The molecule has 0 fully saturated rings. The van der Waals surface area contributed by atoms with Crippen LogP contribution in [-0.2, 0) is 0 Å². The van der Waals surface area contributed by atoms with Crippen molar-refractivity contribution < 1.29 is 0 Å². The van der Waals surface area contributed by atoms with Gasteiger partial charge in [0.15, 0.2) is 0 Å². The van der Waals surface area contributed by atoms with Gasteiger partial charge in [-0.1, -0.05) is 0 Å². The Balaban J connectivity index is 3.44. The van der Waals surface area contributed by atoms with E-state index < -0.39 is 0 Å². The molecule has 0 amide bonds. The fourth-order valence-electron chi connectivity index (χ4n) is 0.380. The van der Waals surface area contributed by atoms with E-state index in [0.717, 1.165) is 6.54 Å². The molecule has 0 aliphatic heterocycles. The van der Waals surface area contributed by atoms with E-state index in [4.69, 9.17) is 0 Å². The molecule has 0 saturated carbocycles. The van der Waals surface area contributed by atoms with Gasteiger partial charge < -0.3 is 9.80 Å². The fourth-order valence-corrected chi connectivity index (χ4v) is 0.380. The van der Waals surface area contributed by atoms with Gasteiger partial charge in [0.05, 0.1) is 0 Å². The van der Waals surface area contributed by atoms with Gasteiger partial charge in [0.2, 0.25) is 0 Å². The minimum Gasteiger partial charge on any atom is -0.367 e. The Hall–Kier alpha value is -0.900. The molecule has 0 saturated heterocycles. The van der Waals surface area contributed by atoms with Crippen LogP contribution < -0.4 is 0 Å². The molecule has 4 heteroatoms. The molecule has 0 rings (SSSR count). The Labute approximate surface area is 68.2 Å². The summed E-state index contributed by atoms with van der Waals surface area (Å²) in [5, 5.41) is 7.60. The van der Waals surface area contributed by atoms with Crippen LogP contribution in [0.25, 0.3) is 0 Å². The van der Waals surface area contributed by atoms with Crippen LogP contribution in [0.2, 0.25) is 0 Å². The number of hydrogen-bond acceptors (Lipinski definition) is 3. The van der Waals surface area contributed by atoms with Crippen LogP contribution in [0.5, 0.6) is 0 Å². The lowest BCUT2D eigenvalue weighted by Gasteiger charge is -2.02. The molecule has 0 heterocycles. The van der Waals surface area contributed by atoms with Gasteiger partial charge in [0, 0.05) is 26.9 Å². The molecule has 64 valence electrons. The molecule has 0 N–H and O–H groups in total. The van der Waals surface area contributed by atoms with Gasteiger partial charge in [-0.25, -0.2) is 0 Å². The predicted molar refractivity (Wildman–Crippen MR) is 49.2 cm³/mol. The summed E-state index contributed by atoms with van der Waals surface area (Å²) < 4.78 is 0. The predicted octanol–water partition coefficient (Wildman–Crippen LogP) is 0.124. The van der Waals surface area contributed by atoms with Crippen LogP contribution in [0.3, 0.4) is 0 Å². The molecular weight excluding hydrogens is 140 g/mol. The lowest BCUT2D eigenvalue weighted by molar-refractivity contribution is 0.473. The minimum atomic E-state index is 0.824. The number of hydrogen-bond donors (Lipinski definition) is 0. The van der Waals surface area contributed by atoms with Crippen LogP contribution >= 0.6 is 0 Å². The Morgan fingerprint density at radius 1 is 1.09 bits per heavy atom. The summed E-state index contributed by atoms with van der Waals surface area (Å²) >= 11 is 0. The molecule has 0 unspecified atom stereocenters. The largest absolute Gasteiger partial charge is 0.367 e. The summed E-state index contributed by atoms with van der Waals surface area (Å²) in [6.45, 7) is 0.824. The van der Waals surface area contributed by atoms with Crippen molar-refractivity contribution in [2.75, 3.05) is 34.7 Å². The highest BCUT2D eigenvalue weighted by Gasteiger charge is 1.80. The van der Waals surface area contributed by atoms with Gasteiger partial charge in [-0.3, -0.25) is 0 Å². The second-order valence-electron chi connectivity index (χ2n) is 2.75. The van der Waals surface area contributed by atoms with E-state index in [1.807, 2.05) is 38.0 Å². The highest BCUT2D eigenvalue weighted by molar-refractivity contribution is 5.61. The third kappa shape index (κ3) is 9.10. The molecule has 11 heavy (non-hydrogen) atoms. The summed E-state index contributed by atoms with van der Waals surface area (Å²) in [5.41, 5.74) is 0. The smallest absolute Gasteiger partial charge is 0.113 e. The first kappa shape index (κ1) is 10.1. The van der Waals surface area contributed by atoms with E-state index in [1.54, 1.807) is 12.6 Å². The molecule has 0 spiro atoms. The molecule has 0 aromatic rings. The Kier molecular flexibility index (Phi) is 5.37. The first-order valence-corrected chi connectivity index (χ1v) is 3.49. The van der Waals surface area contributed by atoms with Crippen LogP contribution in [-0.4, -0.2) is 57.1 Å². The fraction of sp³-hybridized carbons (Fsp3) is 0.714. The normalized spacial score (nSPS) is 12.1. The van der Waals surface area contributed by atoms with Gasteiger partial charge in [-0.05, 0) is 14.1 Å². The average Bonchev–Trinajstić information content (AvgIpc) is 1.85. The second-order valence-corrected chi connectivity index (χ2v) is 2.75. The maximum absolute atomic E-state index is 3.81. The highest BCUT2D eigenvalue weighted by Crippen LogP contribution is 1.72. The summed E-state index contributed by atoms with van der Waals surface area (Å²) in [6.07, 6.45) is 3.42. The molecule has 0 radical (unpaired) electrons. The van der Waals surface area contributed by atoms with E-state index >= 15 is 0 Å². The monoisotopic (exact) mass is 156 g/mol. The quantitative estimate of drug-likeness (QED) is 0.329. The molecule has 0 aliphatic rings. The third-order valence-corrected chi connectivity index (χ3v) is 0.878. The Bertz CT molecular complexity index is 137. The van der Waals surface area contributed by atoms with E-state index in [1.165, 1.54) is 0 Å². The average molecular weight is 156 g/mol. The topological polar surface area (TPSA) is 31.2 Å². The van der Waals surface area contributed by atoms with Crippen molar-refractivity contribution in [1.29, 1.82) is 0 Å². The zero-order valence-electron chi connectivity index (χ0n) is 7.65. The van der Waals surface area contributed by atoms with Crippen LogP contribution in [0.4, 0.5) is 0 Å². The van der Waals surface area contributed by atoms with Crippen molar-refractivity contribution in [2.45, 2.75) is 0 Å². The molecular formula is C7H16N4. The van der Waals surface area contributed by atoms with Crippen LogP contribution in [0.1, 0.15) is 0 Å². The second kappa shape index (κ2) is 5.85. The van der Waals surface area contributed by atoms with Gasteiger partial charge in [-0.2, -0.15) is 5.10 Å². The minimum absolute atomic E-state index is 0.824. The maximum atomic E-state index is 3.81. The highest BCUT2D eigenvalue weighted by atomic mass is 15.3. The standard InChI is InChI=1S/C7H16N4/c1-10(2)6-5-8-9-7-11(3)4/h5,7H,6H2,1-4H3. The van der Waals surface area contributed by atoms with Crippen molar-refractivity contribution in [1.82, 2.24) is 9.80 Å². The van der Waals surface area contributed by atoms with Gasteiger partial charge in [-0.15, -0.1) is 5.10 Å². The van der Waals surface area contributed by atoms with Gasteiger partial charge >= 0.3 is 0 Å². The SMILES string of the molecule is CN(C)C=NN=CCN(C)C. The maximum Gasteiger partial charge on any atom is 0.113 e. The Morgan fingerprint density at radius 2 is 1.73 bits per heavy atom. The van der Waals surface area contributed by atoms with Crippen molar-refractivity contribution in [3.8, 4) is 0 Å². The molecule has 0 bridgehead atoms.